The molecule has 0 fully saturated rings. The average Bonchev–Trinajstić information content (AvgIpc) is 2.94. The van der Waals surface area contributed by atoms with E-state index in [0.717, 1.165) is 12.1 Å². The van der Waals surface area contributed by atoms with Crippen molar-refractivity contribution in [1.29, 1.82) is 0 Å². The van der Waals surface area contributed by atoms with Gasteiger partial charge in [0, 0.05) is 12.7 Å². The summed E-state index contributed by atoms with van der Waals surface area (Å²) in [5.41, 5.74) is -0.949. The fraction of sp³-hybridized carbons (Fsp3) is 0.231. The summed E-state index contributed by atoms with van der Waals surface area (Å²) in [6.45, 7) is 2.07. The molecule has 1 N–H and O–H groups in total. The number of alkyl halides is 3. The zero-order valence-corrected chi connectivity index (χ0v) is 12.6. The summed E-state index contributed by atoms with van der Waals surface area (Å²) in [5, 5.41) is 3.83. The van der Waals surface area contributed by atoms with E-state index in [0.29, 0.717) is 18.7 Å². The molecule has 0 saturated heterocycles. The van der Waals surface area contributed by atoms with Crippen molar-refractivity contribution in [2.75, 3.05) is 0 Å². The van der Waals surface area contributed by atoms with E-state index in [4.69, 9.17) is 0 Å². The number of amides is 1. The molecule has 0 aliphatic carbocycles. The van der Waals surface area contributed by atoms with Crippen molar-refractivity contribution in [3.05, 3.63) is 47.8 Å². The van der Waals surface area contributed by atoms with Gasteiger partial charge in [0.25, 0.3) is 15.9 Å². The van der Waals surface area contributed by atoms with Crippen LogP contribution in [0.5, 0.6) is 0 Å². The van der Waals surface area contributed by atoms with E-state index >= 15 is 0 Å². The normalized spacial score (nSPS) is 12.2. The van der Waals surface area contributed by atoms with Crippen LogP contribution in [-0.2, 0) is 22.7 Å². The molecule has 0 spiro atoms. The van der Waals surface area contributed by atoms with Gasteiger partial charge in [0.2, 0.25) is 0 Å². The van der Waals surface area contributed by atoms with E-state index in [2.05, 4.69) is 5.10 Å². The molecule has 1 heterocycles. The maximum atomic E-state index is 12.5. The second-order valence-electron chi connectivity index (χ2n) is 4.49. The summed E-state index contributed by atoms with van der Waals surface area (Å²) in [6.07, 6.45) is -3.23. The Morgan fingerprint density at radius 2 is 1.83 bits per heavy atom. The van der Waals surface area contributed by atoms with Gasteiger partial charge in [-0.3, -0.25) is 9.48 Å². The third kappa shape index (κ3) is 3.70. The Labute approximate surface area is 130 Å². The molecule has 0 radical (unpaired) electrons. The summed E-state index contributed by atoms with van der Waals surface area (Å²) in [7, 11) is -4.28. The first-order valence-electron chi connectivity index (χ1n) is 6.41. The smallest absolute Gasteiger partial charge is 0.266 e. The number of nitrogens with zero attached hydrogens (tertiary/aromatic N) is 2. The molecule has 6 nitrogen and oxygen atoms in total. The molecule has 0 atom stereocenters. The molecule has 1 aromatic carbocycles. The maximum Gasteiger partial charge on any atom is 0.416 e. The first-order chi connectivity index (χ1) is 10.6. The number of aromatic nitrogens is 2. The van der Waals surface area contributed by atoms with Crippen LogP contribution in [-0.4, -0.2) is 24.1 Å². The summed E-state index contributed by atoms with van der Waals surface area (Å²) < 4.78 is 64.6. The van der Waals surface area contributed by atoms with Crippen LogP contribution in [0.4, 0.5) is 13.2 Å². The Bertz CT molecular complexity index is 811. The number of rotatable bonds is 4. The minimum absolute atomic E-state index is 0.0305. The number of benzene rings is 1. The van der Waals surface area contributed by atoms with E-state index in [1.165, 1.54) is 16.9 Å². The van der Waals surface area contributed by atoms with Crippen LogP contribution in [0.15, 0.2) is 41.4 Å². The number of hydrogen-bond acceptors (Lipinski definition) is 4. The van der Waals surface area contributed by atoms with Gasteiger partial charge in [0.1, 0.15) is 5.69 Å². The molecule has 23 heavy (non-hydrogen) atoms. The van der Waals surface area contributed by atoms with Crippen molar-refractivity contribution in [2.24, 2.45) is 0 Å². The predicted octanol–water partition coefficient (Wildman–Crippen LogP) is 2.04. The summed E-state index contributed by atoms with van der Waals surface area (Å²) in [6, 6.07) is 4.18. The lowest BCUT2D eigenvalue weighted by molar-refractivity contribution is -0.137. The molecule has 1 aromatic heterocycles. The Morgan fingerprint density at radius 3 is 2.35 bits per heavy atom. The Morgan fingerprint density at radius 1 is 1.22 bits per heavy atom. The molecule has 0 aliphatic heterocycles. The van der Waals surface area contributed by atoms with Gasteiger partial charge in [-0.2, -0.15) is 18.3 Å². The number of hydrogen-bond donors (Lipinski definition) is 1. The van der Waals surface area contributed by atoms with Crippen molar-refractivity contribution >= 4 is 15.9 Å². The summed E-state index contributed by atoms with van der Waals surface area (Å²) in [5.74, 6) is -0.913. The standard InChI is InChI=1S/C13H12F3N3O3S/c1-2-19-11(7-8-17-19)12(20)18-23(21,22)10-5-3-9(4-6-10)13(14,15)16/h3-8H,2H2,1H3,(H,18,20). The maximum absolute atomic E-state index is 12.5. The zero-order chi connectivity index (χ0) is 17.3. The van der Waals surface area contributed by atoms with Gasteiger partial charge < -0.3 is 0 Å². The van der Waals surface area contributed by atoms with Crippen LogP contribution in [0.3, 0.4) is 0 Å². The molecule has 2 rings (SSSR count). The number of halogens is 3. The lowest BCUT2D eigenvalue weighted by Crippen LogP contribution is -2.32. The minimum atomic E-state index is -4.57. The fourth-order valence-electron chi connectivity index (χ4n) is 1.83. The monoisotopic (exact) mass is 347 g/mol. The van der Waals surface area contributed by atoms with E-state index in [1.54, 1.807) is 11.6 Å². The zero-order valence-electron chi connectivity index (χ0n) is 11.8. The van der Waals surface area contributed by atoms with E-state index in [9.17, 15) is 26.4 Å². The lowest BCUT2D eigenvalue weighted by atomic mass is 10.2. The van der Waals surface area contributed by atoms with Gasteiger partial charge in [-0.05, 0) is 37.3 Å². The molecule has 0 saturated carbocycles. The number of carbonyl (C=O) groups excluding carboxylic acids is 1. The molecule has 0 unspecified atom stereocenters. The number of carbonyl (C=O) groups is 1. The fourth-order valence-corrected chi connectivity index (χ4v) is 2.79. The largest absolute Gasteiger partial charge is 0.416 e. The van der Waals surface area contributed by atoms with Crippen LogP contribution in [0.25, 0.3) is 0 Å². The Hall–Kier alpha value is -2.36. The van der Waals surface area contributed by atoms with Crippen LogP contribution < -0.4 is 4.72 Å². The number of sulfonamides is 1. The topological polar surface area (TPSA) is 81.1 Å². The average molecular weight is 347 g/mol. The SMILES string of the molecule is CCn1nccc1C(=O)NS(=O)(=O)c1ccc(C(F)(F)F)cc1. The molecule has 0 bridgehead atoms. The second-order valence-corrected chi connectivity index (χ2v) is 6.17. The lowest BCUT2D eigenvalue weighted by Gasteiger charge is -2.10. The third-order valence-electron chi connectivity index (χ3n) is 2.97. The second kappa shape index (κ2) is 6.03. The van der Waals surface area contributed by atoms with Gasteiger partial charge in [-0.1, -0.05) is 0 Å². The van der Waals surface area contributed by atoms with Crippen LogP contribution >= 0.6 is 0 Å². The van der Waals surface area contributed by atoms with Gasteiger partial charge in [0.05, 0.1) is 10.5 Å². The Balaban J connectivity index is 2.24. The van der Waals surface area contributed by atoms with Crippen molar-refractivity contribution in [1.82, 2.24) is 14.5 Å². The van der Waals surface area contributed by atoms with Crippen LogP contribution in [0.1, 0.15) is 23.0 Å². The molecule has 2 aromatic rings. The highest BCUT2D eigenvalue weighted by atomic mass is 32.2. The van der Waals surface area contributed by atoms with Gasteiger partial charge in [-0.15, -0.1) is 0 Å². The van der Waals surface area contributed by atoms with Crippen molar-refractivity contribution in [3.63, 3.8) is 0 Å². The molecule has 10 heteroatoms. The van der Waals surface area contributed by atoms with Crippen LogP contribution in [0, 0.1) is 0 Å². The first-order valence-corrected chi connectivity index (χ1v) is 7.89. The highest BCUT2D eigenvalue weighted by Crippen LogP contribution is 2.29. The van der Waals surface area contributed by atoms with E-state index in [1.807, 2.05) is 0 Å². The molecule has 0 aliphatic rings. The third-order valence-corrected chi connectivity index (χ3v) is 4.31. The highest BCUT2D eigenvalue weighted by molar-refractivity contribution is 7.90. The predicted molar refractivity (Wildman–Crippen MR) is 74.0 cm³/mol. The van der Waals surface area contributed by atoms with Gasteiger partial charge >= 0.3 is 6.18 Å². The van der Waals surface area contributed by atoms with Crippen molar-refractivity contribution in [3.8, 4) is 0 Å². The summed E-state index contributed by atoms with van der Waals surface area (Å²) >= 11 is 0. The molecule has 1 amide bonds. The minimum Gasteiger partial charge on any atom is -0.266 e. The quantitative estimate of drug-likeness (QED) is 0.918. The van der Waals surface area contributed by atoms with E-state index < -0.39 is 32.6 Å². The summed E-state index contributed by atoms with van der Waals surface area (Å²) in [4.78, 5) is 11.5. The molecular weight excluding hydrogens is 335 g/mol. The Kier molecular flexibility index (Phi) is 4.46. The van der Waals surface area contributed by atoms with Gasteiger partial charge in [0.15, 0.2) is 0 Å². The van der Waals surface area contributed by atoms with E-state index in [-0.39, 0.29) is 5.69 Å². The van der Waals surface area contributed by atoms with Crippen molar-refractivity contribution in [2.45, 2.75) is 24.5 Å². The van der Waals surface area contributed by atoms with Gasteiger partial charge in [-0.25, -0.2) is 13.1 Å². The number of aryl methyl sites for hydroxylation is 1. The molecular formula is C13H12F3N3O3S. The van der Waals surface area contributed by atoms with Crippen molar-refractivity contribution < 1.29 is 26.4 Å². The number of nitrogens with one attached hydrogen (secondary N) is 1. The first kappa shape index (κ1) is 17.0. The van der Waals surface area contributed by atoms with Crippen LogP contribution in [0.2, 0.25) is 0 Å². The highest BCUT2D eigenvalue weighted by Gasteiger charge is 2.31. The molecule has 124 valence electrons.